The van der Waals surface area contributed by atoms with Crippen molar-refractivity contribution < 1.29 is 9.53 Å². The summed E-state index contributed by atoms with van der Waals surface area (Å²) in [4.78, 5) is 16.6. The number of thiazole rings is 1. The zero-order valence-corrected chi connectivity index (χ0v) is 16.4. The summed E-state index contributed by atoms with van der Waals surface area (Å²) in [6, 6.07) is 7.67. The van der Waals surface area contributed by atoms with Crippen LogP contribution in [0.4, 0.5) is 0 Å². The summed E-state index contributed by atoms with van der Waals surface area (Å²) in [5.74, 6) is 0.621. The van der Waals surface area contributed by atoms with Crippen molar-refractivity contribution in [3.63, 3.8) is 0 Å². The average molecular weight is 404 g/mol. The van der Waals surface area contributed by atoms with Gasteiger partial charge in [0.1, 0.15) is 12.4 Å². The van der Waals surface area contributed by atoms with Crippen LogP contribution in [0, 0.1) is 6.92 Å². The number of carbonyl (C=O) groups is 1. The van der Waals surface area contributed by atoms with Gasteiger partial charge in [0.15, 0.2) is 0 Å². The van der Waals surface area contributed by atoms with Crippen molar-refractivity contribution in [3.05, 3.63) is 45.9 Å². The monoisotopic (exact) mass is 403 g/mol. The van der Waals surface area contributed by atoms with E-state index in [2.05, 4.69) is 15.6 Å². The number of ether oxygens (including phenoxy) is 1. The second kappa shape index (κ2) is 10.6. The lowest BCUT2D eigenvalue weighted by Crippen LogP contribution is -2.37. The van der Waals surface area contributed by atoms with E-state index in [-0.39, 0.29) is 30.7 Å². The Morgan fingerprint density at radius 3 is 2.96 bits per heavy atom. The molecule has 0 bridgehead atoms. The third kappa shape index (κ3) is 6.47. The van der Waals surface area contributed by atoms with E-state index in [1.807, 2.05) is 24.4 Å². The molecule has 1 amide bonds. The maximum absolute atomic E-state index is 12.2. The molecule has 1 unspecified atom stereocenters. The Bertz CT molecular complexity index is 675. The minimum absolute atomic E-state index is 0. The first-order chi connectivity index (χ1) is 11.2. The molecule has 2 heterocycles. The van der Waals surface area contributed by atoms with E-state index in [4.69, 9.17) is 4.74 Å². The molecule has 1 aromatic heterocycles. The summed E-state index contributed by atoms with van der Waals surface area (Å²) >= 11 is 1.61. The van der Waals surface area contributed by atoms with Crippen molar-refractivity contribution in [2.24, 2.45) is 0 Å². The maximum atomic E-state index is 12.2. The average Bonchev–Trinajstić information content (AvgIpc) is 3.22. The number of aromatic nitrogens is 1. The van der Waals surface area contributed by atoms with Gasteiger partial charge in [0.2, 0.25) is 0 Å². The van der Waals surface area contributed by atoms with Gasteiger partial charge in [-0.25, -0.2) is 4.98 Å². The molecule has 2 aromatic rings. The molecule has 0 spiro atoms. The van der Waals surface area contributed by atoms with Gasteiger partial charge in [-0.2, -0.15) is 0 Å². The Kier molecular flexibility index (Phi) is 9.21. The van der Waals surface area contributed by atoms with Crippen LogP contribution in [0.5, 0.6) is 5.75 Å². The smallest absolute Gasteiger partial charge is 0.251 e. The molecule has 1 atom stereocenters. The molecule has 25 heavy (non-hydrogen) atoms. The third-order valence-corrected chi connectivity index (χ3v) is 4.64. The molecular formula is C17H23Cl2N3O2S. The summed E-state index contributed by atoms with van der Waals surface area (Å²) < 4.78 is 5.73. The Labute approximate surface area is 164 Å². The summed E-state index contributed by atoms with van der Waals surface area (Å²) in [5.41, 5.74) is 1.53. The van der Waals surface area contributed by atoms with Crippen LogP contribution in [0.2, 0.25) is 0 Å². The van der Waals surface area contributed by atoms with Crippen molar-refractivity contribution in [2.45, 2.75) is 32.4 Å². The van der Waals surface area contributed by atoms with E-state index in [0.29, 0.717) is 30.5 Å². The standard InChI is InChI=1S/C17H21N3O2S.2ClH/c1-12-20-15(11-23-12)10-22-16-6-2-4-13(8-16)17(21)19-9-14-5-3-7-18-14;;/h2,4,6,8,11,14,18H,3,5,7,9-10H2,1H3,(H,19,21);2*1H. The van der Waals surface area contributed by atoms with E-state index in [1.165, 1.54) is 6.42 Å². The van der Waals surface area contributed by atoms with Crippen molar-refractivity contribution >= 4 is 42.1 Å². The molecule has 2 N–H and O–H groups in total. The van der Waals surface area contributed by atoms with E-state index in [0.717, 1.165) is 23.7 Å². The molecule has 0 saturated carbocycles. The van der Waals surface area contributed by atoms with Crippen LogP contribution < -0.4 is 15.4 Å². The van der Waals surface area contributed by atoms with Crippen LogP contribution in [-0.2, 0) is 6.61 Å². The van der Waals surface area contributed by atoms with Gasteiger partial charge in [0.05, 0.1) is 10.7 Å². The topological polar surface area (TPSA) is 63.2 Å². The van der Waals surface area contributed by atoms with Crippen LogP contribution in [0.15, 0.2) is 29.6 Å². The Hall–Kier alpha value is -1.34. The maximum Gasteiger partial charge on any atom is 0.251 e. The first-order valence-electron chi connectivity index (χ1n) is 7.86. The van der Waals surface area contributed by atoms with Crippen molar-refractivity contribution in [3.8, 4) is 5.75 Å². The van der Waals surface area contributed by atoms with Crippen LogP contribution in [0.25, 0.3) is 0 Å². The minimum Gasteiger partial charge on any atom is -0.487 e. The highest BCUT2D eigenvalue weighted by molar-refractivity contribution is 7.09. The van der Waals surface area contributed by atoms with E-state index >= 15 is 0 Å². The fourth-order valence-electron chi connectivity index (χ4n) is 2.61. The predicted molar refractivity (Wildman–Crippen MR) is 105 cm³/mol. The number of nitrogens with zero attached hydrogens (tertiary/aromatic N) is 1. The van der Waals surface area contributed by atoms with Crippen LogP contribution in [0.1, 0.15) is 33.9 Å². The molecule has 1 aliphatic heterocycles. The summed E-state index contributed by atoms with van der Waals surface area (Å²) in [7, 11) is 0. The molecule has 1 saturated heterocycles. The van der Waals surface area contributed by atoms with E-state index < -0.39 is 0 Å². The number of halogens is 2. The highest BCUT2D eigenvalue weighted by atomic mass is 35.5. The Morgan fingerprint density at radius 1 is 1.44 bits per heavy atom. The van der Waals surface area contributed by atoms with Crippen LogP contribution >= 0.6 is 36.2 Å². The van der Waals surface area contributed by atoms with Crippen LogP contribution in [-0.4, -0.2) is 30.0 Å². The molecule has 8 heteroatoms. The fraction of sp³-hybridized carbons (Fsp3) is 0.412. The number of carbonyl (C=O) groups excluding carboxylic acids is 1. The first-order valence-corrected chi connectivity index (χ1v) is 8.74. The zero-order valence-electron chi connectivity index (χ0n) is 14.0. The lowest BCUT2D eigenvalue weighted by Gasteiger charge is -2.12. The van der Waals surface area contributed by atoms with Crippen LogP contribution in [0.3, 0.4) is 0 Å². The van der Waals surface area contributed by atoms with E-state index in [1.54, 1.807) is 23.5 Å². The van der Waals surface area contributed by atoms with Crippen molar-refractivity contribution in [2.75, 3.05) is 13.1 Å². The highest BCUT2D eigenvalue weighted by Gasteiger charge is 2.15. The predicted octanol–water partition coefficient (Wildman–Crippen LogP) is 3.36. The van der Waals surface area contributed by atoms with Gasteiger partial charge in [-0.05, 0) is 44.5 Å². The van der Waals surface area contributed by atoms with Gasteiger partial charge in [-0.15, -0.1) is 36.2 Å². The molecule has 1 aromatic carbocycles. The number of amides is 1. The number of aryl methyl sites for hydroxylation is 1. The number of hydrogen-bond acceptors (Lipinski definition) is 5. The second-order valence-corrected chi connectivity index (χ2v) is 6.74. The normalized spacial score (nSPS) is 15.8. The number of rotatable bonds is 6. The second-order valence-electron chi connectivity index (χ2n) is 5.68. The lowest BCUT2D eigenvalue weighted by molar-refractivity contribution is 0.0950. The van der Waals surface area contributed by atoms with Gasteiger partial charge in [0.25, 0.3) is 5.91 Å². The molecule has 1 fully saturated rings. The van der Waals surface area contributed by atoms with Gasteiger partial charge < -0.3 is 15.4 Å². The van der Waals surface area contributed by atoms with Crippen molar-refractivity contribution in [1.29, 1.82) is 0 Å². The molecule has 0 radical (unpaired) electrons. The quantitative estimate of drug-likeness (QED) is 0.775. The molecule has 0 aliphatic carbocycles. The third-order valence-electron chi connectivity index (χ3n) is 3.82. The molecule has 3 rings (SSSR count). The SMILES string of the molecule is Cc1nc(COc2cccc(C(=O)NCC3CCCN3)c2)cs1.Cl.Cl. The lowest BCUT2D eigenvalue weighted by atomic mass is 10.2. The van der Waals surface area contributed by atoms with E-state index in [9.17, 15) is 4.79 Å². The Morgan fingerprint density at radius 2 is 2.28 bits per heavy atom. The summed E-state index contributed by atoms with van der Waals surface area (Å²) in [5, 5.41) is 9.36. The minimum atomic E-state index is -0.0614. The van der Waals surface area contributed by atoms with Crippen molar-refractivity contribution in [1.82, 2.24) is 15.6 Å². The molecule has 138 valence electrons. The molecule has 1 aliphatic rings. The largest absolute Gasteiger partial charge is 0.487 e. The van der Waals surface area contributed by atoms with Gasteiger partial charge in [-0.1, -0.05) is 6.07 Å². The first kappa shape index (κ1) is 21.7. The van der Waals surface area contributed by atoms with Gasteiger partial charge in [-0.3, -0.25) is 4.79 Å². The number of hydrogen-bond donors (Lipinski definition) is 2. The van der Waals surface area contributed by atoms with Gasteiger partial charge >= 0.3 is 0 Å². The van der Waals surface area contributed by atoms with Gasteiger partial charge in [0, 0.05) is 23.5 Å². The molecular weight excluding hydrogens is 381 g/mol. The Balaban J connectivity index is 0.00000156. The molecule has 5 nitrogen and oxygen atoms in total. The highest BCUT2D eigenvalue weighted by Crippen LogP contribution is 2.16. The zero-order chi connectivity index (χ0) is 16.1. The summed E-state index contributed by atoms with van der Waals surface area (Å²) in [6.07, 6.45) is 2.30. The summed E-state index contributed by atoms with van der Waals surface area (Å²) in [6.45, 7) is 4.10. The number of nitrogens with one attached hydrogen (secondary N) is 2. The fourth-order valence-corrected chi connectivity index (χ4v) is 3.21. The number of benzene rings is 1.